The summed E-state index contributed by atoms with van der Waals surface area (Å²) < 4.78 is 11.3. The van der Waals surface area contributed by atoms with Crippen LogP contribution in [0.1, 0.15) is 33.9 Å². The van der Waals surface area contributed by atoms with Crippen molar-refractivity contribution in [2.45, 2.75) is 18.7 Å². The summed E-state index contributed by atoms with van der Waals surface area (Å²) in [7, 11) is 1.60. The third-order valence-electron chi connectivity index (χ3n) is 5.48. The van der Waals surface area contributed by atoms with E-state index in [1.165, 1.54) is 0 Å². The summed E-state index contributed by atoms with van der Waals surface area (Å²) in [5, 5.41) is 7.27. The van der Waals surface area contributed by atoms with E-state index in [-0.39, 0.29) is 11.8 Å². The van der Waals surface area contributed by atoms with E-state index in [4.69, 9.17) is 26.2 Å². The highest BCUT2D eigenvalue weighted by atomic mass is 35.5. The van der Waals surface area contributed by atoms with Crippen LogP contribution in [0.25, 0.3) is 0 Å². The second-order valence-electron chi connectivity index (χ2n) is 7.25. The number of hydrogen-bond donors (Lipinski definition) is 0. The van der Waals surface area contributed by atoms with Crippen LogP contribution in [0.2, 0.25) is 5.02 Å². The molecule has 0 radical (unpaired) electrons. The van der Waals surface area contributed by atoms with Gasteiger partial charge in [-0.2, -0.15) is 5.10 Å². The lowest BCUT2D eigenvalue weighted by molar-refractivity contribution is -0.00455. The Kier molecular flexibility index (Phi) is 4.68. The standard InChI is InChI=1S/C24H19ClN2O3/c1-29-18-12-8-16(9-13-18)23(28)24-27-21(19-4-2-3-5-22(19)30-24)14-20(26-27)15-6-10-17(25)11-7-15/h2-13,21,24H,14H2,1H3/t21-,24+/m1/s1. The lowest BCUT2D eigenvalue weighted by atomic mass is 9.96. The van der Waals surface area contributed by atoms with Gasteiger partial charge in [0.1, 0.15) is 11.5 Å². The minimum absolute atomic E-state index is 0.0622. The molecule has 2 atom stereocenters. The number of carbonyl (C=O) groups excluding carboxylic acids is 1. The number of para-hydroxylation sites is 1. The highest BCUT2D eigenvalue weighted by Gasteiger charge is 2.43. The fraction of sp³-hybridized carbons (Fsp3) is 0.167. The average Bonchev–Trinajstić information content (AvgIpc) is 3.24. The molecule has 0 spiro atoms. The summed E-state index contributed by atoms with van der Waals surface area (Å²) in [6, 6.07) is 22.4. The Morgan fingerprint density at radius 3 is 2.53 bits per heavy atom. The maximum atomic E-state index is 13.3. The molecule has 0 N–H and O–H groups in total. The molecule has 5 nitrogen and oxygen atoms in total. The number of ketones is 1. The number of nitrogens with zero attached hydrogens (tertiary/aromatic N) is 2. The van der Waals surface area contributed by atoms with Gasteiger partial charge in [0.2, 0.25) is 5.78 Å². The number of methoxy groups -OCH3 is 1. The van der Waals surface area contributed by atoms with Crippen LogP contribution in [0.3, 0.4) is 0 Å². The van der Waals surface area contributed by atoms with Crippen LogP contribution in [0, 0.1) is 0 Å². The van der Waals surface area contributed by atoms with E-state index in [0.717, 1.165) is 22.6 Å². The highest BCUT2D eigenvalue weighted by molar-refractivity contribution is 6.30. The Labute approximate surface area is 179 Å². The number of halogens is 1. The summed E-state index contributed by atoms with van der Waals surface area (Å²) in [5.74, 6) is 1.28. The first-order valence-electron chi connectivity index (χ1n) is 9.69. The number of rotatable bonds is 4. The van der Waals surface area contributed by atoms with Crippen molar-refractivity contribution in [3.05, 3.63) is 94.5 Å². The zero-order valence-corrected chi connectivity index (χ0v) is 17.0. The fourth-order valence-corrected chi connectivity index (χ4v) is 4.05. The molecule has 3 aromatic rings. The molecule has 2 heterocycles. The Hall–Kier alpha value is -3.31. The molecule has 150 valence electrons. The molecule has 2 aliphatic heterocycles. The van der Waals surface area contributed by atoms with E-state index in [0.29, 0.717) is 22.8 Å². The van der Waals surface area contributed by atoms with Crippen LogP contribution in [-0.4, -0.2) is 29.8 Å². The zero-order chi connectivity index (χ0) is 20.7. The normalized spacial score (nSPS) is 19.4. The molecule has 0 saturated carbocycles. The Morgan fingerprint density at radius 1 is 1.07 bits per heavy atom. The van der Waals surface area contributed by atoms with E-state index in [9.17, 15) is 4.79 Å². The van der Waals surface area contributed by atoms with Crippen LogP contribution < -0.4 is 9.47 Å². The molecular weight excluding hydrogens is 400 g/mol. The van der Waals surface area contributed by atoms with E-state index in [1.807, 2.05) is 48.5 Å². The predicted molar refractivity (Wildman–Crippen MR) is 115 cm³/mol. The molecule has 3 aromatic carbocycles. The van der Waals surface area contributed by atoms with Crippen molar-refractivity contribution in [2.75, 3.05) is 7.11 Å². The fourth-order valence-electron chi connectivity index (χ4n) is 3.92. The second kappa shape index (κ2) is 7.50. The van der Waals surface area contributed by atoms with Crippen molar-refractivity contribution in [3.8, 4) is 11.5 Å². The smallest absolute Gasteiger partial charge is 0.251 e. The van der Waals surface area contributed by atoms with E-state index < -0.39 is 6.23 Å². The zero-order valence-electron chi connectivity index (χ0n) is 16.3. The summed E-state index contributed by atoms with van der Waals surface area (Å²) in [5.41, 5.74) is 3.48. The van der Waals surface area contributed by atoms with Crippen LogP contribution in [0.5, 0.6) is 11.5 Å². The number of Topliss-reactive ketones (excluding diaryl/α,β-unsaturated/α-hetero) is 1. The second-order valence-corrected chi connectivity index (χ2v) is 7.69. The third kappa shape index (κ3) is 3.21. The average molecular weight is 419 g/mol. The number of benzene rings is 3. The molecule has 0 aliphatic carbocycles. The highest BCUT2D eigenvalue weighted by Crippen LogP contribution is 2.43. The van der Waals surface area contributed by atoms with Gasteiger partial charge in [-0.25, -0.2) is 5.01 Å². The van der Waals surface area contributed by atoms with Gasteiger partial charge in [0, 0.05) is 22.6 Å². The first-order valence-corrected chi connectivity index (χ1v) is 10.1. The molecule has 0 unspecified atom stereocenters. The van der Waals surface area contributed by atoms with Gasteiger partial charge >= 0.3 is 0 Å². The van der Waals surface area contributed by atoms with Crippen molar-refractivity contribution >= 4 is 23.1 Å². The molecule has 2 aliphatic rings. The van der Waals surface area contributed by atoms with Gasteiger partial charge in [-0.1, -0.05) is 41.9 Å². The summed E-state index contributed by atoms with van der Waals surface area (Å²) in [4.78, 5) is 13.3. The number of fused-ring (bicyclic) bond motifs is 3. The topological polar surface area (TPSA) is 51.1 Å². The molecule has 0 aromatic heterocycles. The SMILES string of the molecule is COc1ccc(C(=O)[C@@H]2Oc3ccccc3[C@H]3CC(c4ccc(Cl)cc4)=NN32)cc1. The molecule has 0 saturated heterocycles. The van der Waals surface area contributed by atoms with Gasteiger partial charge in [0.15, 0.2) is 0 Å². The number of carbonyl (C=O) groups is 1. The van der Waals surface area contributed by atoms with Crippen molar-refractivity contribution in [1.82, 2.24) is 5.01 Å². The van der Waals surface area contributed by atoms with Gasteiger partial charge in [-0.15, -0.1) is 0 Å². The van der Waals surface area contributed by atoms with Crippen molar-refractivity contribution < 1.29 is 14.3 Å². The Balaban J connectivity index is 1.53. The van der Waals surface area contributed by atoms with Gasteiger partial charge in [-0.05, 0) is 48.0 Å². The Bertz CT molecular complexity index is 1130. The van der Waals surface area contributed by atoms with E-state index >= 15 is 0 Å². The summed E-state index contributed by atoms with van der Waals surface area (Å²) in [6.45, 7) is 0. The molecular formula is C24H19ClN2O3. The first-order chi connectivity index (χ1) is 14.6. The maximum absolute atomic E-state index is 13.3. The van der Waals surface area contributed by atoms with Gasteiger partial charge in [0.25, 0.3) is 6.23 Å². The summed E-state index contributed by atoms with van der Waals surface area (Å²) >= 11 is 6.04. The number of hydrogen-bond acceptors (Lipinski definition) is 5. The lowest BCUT2D eigenvalue weighted by Gasteiger charge is -2.37. The quantitative estimate of drug-likeness (QED) is 0.553. The molecule has 5 rings (SSSR count). The maximum Gasteiger partial charge on any atom is 0.251 e. The molecule has 6 heteroatoms. The van der Waals surface area contributed by atoms with Gasteiger partial charge in [-0.3, -0.25) is 4.79 Å². The van der Waals surface area contributed by atoms with Crippen LogP contribution in [-0.2, 0) is 0 Å². The lowest BCUT2D eigenvalue weighted by Crippen LogP contribution is -2.45. The molecule has 0 amide bonds. The van der Waals surface area contributed by atoms with E-state index in [1.54, 1.807) is 36.4 Å². The van der Waals surface area contributed by atoms with Crippen LogP contribution in [0.15, 0.2) is 77.9 Å². The number of hydrazone groups is 1. The Morgan fingerprint density at radius 2 is 1.80 bits per heavy atom. The number of ether oxygens (including phenoxy) is 2. The third-order valence-corrected chi connectivity index (χ3v) is 5.73. The monoisotopic (exact) mass is 418 g/mol. The van der Waals surface area contributed by atoms with Gasteiger partial charge in [0.05, 0.1) is 18.9 Å². The minimum Gasteiger partial charge on any atom is -0.497 e. The molecule has 30 heavy (non-hydrogen) atoms. The molecule has 0 fully saturated rings. The van der Waals surface area contributed by atoms with Crippen molar-refractivity contribution in [3.63, 3.8) is 0 Å². The van der Waals surface area contributed by atoms with E-state index in [2.05, 4.69) is 0 Å². The van der Waals surface area contributed by atoms with Crippen LogP contribution in [0.4, 0.5) is 0 Å². The van der Waals surface area contributed by atoms with Crippen molar-refractivity contribution in [2.24, 2.45) is 5.10 Å². The van der Waals surface area contributed by atoms with Gasteiger partial charge < -0.3 is 9.47 Å². The summed E-state index contributed by atoms with van der Waals surface area (Å²) in [6.07, 6.45) is -0.142. The predicted octanol–water partition coefficient (Wildman–Crippen LogP) is 5.10. The first kappa shape index (κ1) is 18.7. The largest absolute Gasteiger partial charge is 0.497 e. The van der Waals surface area contributed by atoms with Crippen LogP contribution >= 0.6 is 11.6 Å². The van der Waals surface area contributed by atoms with Crippen molar-refractivity contribution in [1.29, 1.82) is 0 Å². The molecule has 0 bridgehead atoms. The minimum atomic E-state index is -0.830.